The fourth-order valence-corrected chi connectivity index (χ4v) is 4.94. The molecule has 7 nitrogen and oxygen atoms in total. The number of ether oxygens (including phenoxy) is 1. The number of rotatable bonds is 5. The van der Waals surface area contributed by atoms with Gasteiger partial charge in [-0.15, -0.1) is 0 Å². The monoisotopic (exact) mass is 455 g/mol. The lowest BCUT2D eigenvalue weighted by molar-refractivity contribution is -0.386. The van der Waals surface area contributed by atoms with Gasteiger partial charge in [0, 0.05) is 29.4 Å². The molecule has 0 aromatic heterocycles. The standard InChI is InChI=1S/C27H25N3O4/c1-16-6-11-23-22(12-16)20-4-3-5-21(20)26(29-23)18-7-9-19(10-8-18)28-15-17-13-24(30(32)33)27(31)25(14-17)34-2/h3-4,6-15,20-21,26,29,31H,5H2,1-2H3/t20-,21-,26+/m1/s1. The van der Waals surface area contributed by atoms with Gasteiger partial charge in [-0.2, -0.15) is 0 Å². The minimum absolute atomic E-state index is 0.0320. The second kappa shape index (κ2) is 8.67. The molecule has 172 valence electrons. The molecule has 5 rings (SSSR count). The van der Waals surface area contributed by atoms with Gasteiger partial charge in [0.15, 0.2) is 5.75 Å². The van der Waals surface area contributed by atoms with E-state index in [4.69, 9.17) is 4.74 Å². The number of hydrogen-bond acceptors (Lipinski definition) is 6. The lowest BCUT2D eigenvalue weighted by Crippen LogP contribution is -2.29. The van der Waals surface area contributed by atoms with Crippen LogP contribution in [0, 0.1) is 23.0 Å². The van der Waals surface area contributed by atoms with Gasteiger partial charge < -0.3 is 15.2 Å². The van der Waals surface area contributed by atoms with Crippen molar-refractivity contribution in [3.8, 4) is 11.5 Å². The van der Waals surface area contributed by atoms with E-state index in [-0.39, 0.29) is 11.8 Å². The Kier molecular flexibility index (Phi) is 5.53. The third kappa shape index (κ3) is 3.90. The van der Waals surface area contributed by atoms with Crippen molar-refractivity contribution < 1.29 is 14.8 Å². The molecule has 2 N–H and O–H groups in total. The second-order valence-electron chi connectivity index (χ2n) is 8.76. The van der Waals surface area contributed by atoms with Crippen molar-refractivity contribution in [2.45, 2.75) is 25.3 Å². The first kappa shape index (κ1) is 21.7. The average Bonchev–Trinajstić information content (AvgIpc) is 3.33. The average molecular weight is 456 g/mol. The minimum atomic E-state index is -0.647. The summed E-state index contributed by atoms with van der Waals surface area (Å²) in [5, 5.41) is 24.9. The number of fused-ring (bicyclic) bond motifs is 3. The second-order valence-corrected chi connectivity index (χ2v) is 8.76. The van der Waals surface area contributed by atoms with E-state index in [1.165, 1.54) is 47.8 Å². The zero-order valence-electron chi connectivity index (χ0n) is 18.9. The lowest BCUT2D eigenvalue weighted by Gasteiger charge is -2.37. The molecule has 1 aliphatic heterocycles. The number of phenolic OH excluding ortho intramolecular Hbond substituents is 1. The quantitative estimate of drug-likeness (QED) is 0.207. The topological polar surface area (TPSA) is 97.0 Å². The van der Waals surface area contributed by atoms with E-state index in [0.717, 1.165) is 12.1 Å². The predicted octanol–water partition coefficient (Wildman–Crippen LogP) is 6.19. The SMILES string of the molecule is COc1cc(C=Nc2ccc([C@@H]3Nc4ccc(C)cc4[C@@H]4C=CC[C@H]43)cc2)cc([N+](=O)[O-])c1O. The van der Waals surface area contributed by atoms with Crippen molar-refractivity contribution in [2.75, 3.05) is 12.4 Å². The van der Waals surface area contributed by atoms with Crippen LogP contribution < -0.4 is 10.1 Å². The normalized spacial score (nSPS) is 20.6. The minimum Gasteiger partial charge on any atom is -0.500 e. The van der Waals surface area contributed by atoms with Gasteiger partial charge in [-0.1, -0.05) is 42.0 Å². The van der Waals surface area contributed by atoms with E-state index in [1.807, 2.05) is 12.1 Å². The van der Waals surface area contributed by atoms with Crippen LogP contribution in [0.4, 0.5) is 17.1 Å². The molecule has 2 aliphatic rings. The van der Waals surface area contributed by atoms with Crippen LogP contribution in [0.25, 0.3) is 0 Å². The third-order valence-corrected chi connectivity index (χ3v) is 6.63. The number of allylic oxidation sites excluding steroid dienone is 2. The van der Waals surface area contributed by atoms with Gasteiger partial charge in [0.05, 0.1) is 23.8 Å². The lowest BCUT2D eigenvalue weighted by atomic mass is 9.76. The van der Waals surface area contributed by atoms with E-state index in [1.54, 1.807) is 0 Å². The summed E-state index contributed by atoms with van der Waals surface area (Å²) in [6.45, 7) is 2.13. The molecule has 3 aromatic rings. The van der Waals surface area contributed by atoms with Gasteiger partial charge in [0.1, 0.15) is 0 Å². The molecular weight excluding hydrogens is 430 g/mol. The largest absolute Gasteiger partial charge is 0.500 e. The van der Waals surface area contributed by atoms with Crippen LogP contribution in [0.1, 0.15) is 40.6 Å². The number of hydrogen-bond donors (Lipinski definition) is 2. The Morgan fingerprint density at radius 3 is 2.71 bits per heavy atom. The maximum atomic E-state index is 11.2. The van der Waals surface area contributed by atoms with Crippen molar-refractivity contribution in [3.63, 3.8) is 0 Å². The Morgan fingerprint density at radius 1 is 1.18 bits per heavy atom. The summed E-state index contributed by atoms with van der Waals surface area (Å²) in [4.78, 5) is 15.0. The van der Waals surface area contributed by atoms with Gasteiger partial charge in [-0.3, -0.25) is 15.1 Å². The number of phenols is 1. The fraction of sp³-hybridized carbons (Fsp3) is 0.222. The Balaban J connectivity index is 1.39. The maximum absolute atomic E-state index is 11.2. The molecule has 34 heavy (non-hydrogen) atoms. The zero-order valence-corrected chi connectivity index (χ0v) is 18.9. The van der Waals surface area contributed by atoms with Crippen molar-refractivity contribution >= 4 is 23.3 Å². The third-order valence-electron chi connectivity index (χ3n) is 6.63. The van der Waals surface area contributed by atoms with E-state index >= 15 is 0 Å². The number of nitrogens with zero attached hydrogens (tertiary/aromatic N) is 2. The smallest absolute Gasteiger partial charge is 0.315 e. The molecule has 0 amide bonds. The molecule has 0 saturated heterocycles. The molecular formula is C27H25N3O4. The summed E-state index contributed by atoms with van der Waals surface area (Å²) in [7, 11) is 1.35. The van der Waals surface area contributed by atoms with Crippen molar-refractivity contribution in [2.24, 2.45) is 10.9 Å². The molecule has 0 unspecified atom stereocenters. The fourth-order valence-electron chi connectivity index (χ4n) is 4.94. The van der Waals surface area contributed by atoms with Crippen LogP contribution in [0.2, 0.25) is 0 Å². The molecule has 0 radical (unpaired) electrons. The predicted molar refractivity (Wildman–Crippen MR) is 133 cm³/mol. The van der Waals surface area contributed by atoms with E-state index in [9.17, 15) is 15.2 Å². The first-order valence-corrected chi connectivity index (χ1v) is 11.2. The van der Waals surface area contributed by atoms with Gasteiger partial charge in [-0.25, -0.2) is 0 Å². The Labute approximate surface area is 197 Å². The first-order valence-electron chi connectivity index (χ1n) is 11.2. The van der Waals surface area contributed by atoms with E-state index < -0.39 is 16.4 Å². The molecule has 0 spiro atoms. The number of methoxy groups -OCH3 is 1. The number of aliphatic imine (C=N–C) groups is 1. The number of aromatic hydroxyl groups is 1. The number of nitro groups is 1. The summed E-state index contributed by atoms with van der Waals surface area (Å²) >= 11 is 0. The van der Waals surface area contributed by atoms with Gasteiger partial charge in [0.2, 0.25) is 5.75 Å². The van der Waals surface area contributed by atoms with Gasteiger partial charge in [-0.05, 0) is 54.7 Å². The van der Waals surface area contributed by atoms with Crippen LogP contribution in [0.3, 0.4) is 0 Å². The molecule has 0 saturated carbocycles. The Bertz CT molecular complexity index is 1310. The highest BCUT2D eigenvalue weighted by Gasteiger charge is 2.37. The highest BCUT2D eigenvalue weighted by atomic mass is 16.6. The van der Waals surface area contributed by atoms with E-state index in [0.29, 0.717) is 17.4 Å². The number of anilines is 1. The van der Waals surface area contributed by atoms with Gasteiger partial charge in [0.25, 0.3) is 0 Å². The number of benzene rings is 3. The first-order chi connectivity index (χ1) is 16.4. The molecule has 7 heteroatoms. The molecule has 1 aliphatic carbocycles. The summed E-state index contributed by atoms with van der Waals surface area (Å²) in [5.74, 6) is 0.419. The summed E-state index contributed by atoms with van der Waals surface area (Å²) in [6.07, 6.45) is 7.18. The number of nitrogens with one attached hydrogen (secondary N) is 1. The molecule has 0 fully saturated rings. The summed E-state index contributed by atoms with van der Waals surface area (Å²) < 4.78 is 5.05. The Morgan fingerprint density at radius 2 is 1.97 bits per heavy atom. The van der Waals surface area contributed by atoms with Crippen molar-refractivity contribution in [1.82, 2.24) is 0 Å². The highest BCUT2D eigenvalue weighted by Crippen LogP contribution is 2.50. The van der Waals surface area contributed by atoms with Crippen molar-refractivity contribution in [3.05, 3.63) is 99.1 Å². The molecule has 3 aromatic carbocycles. The molecule has 3 atom stereocenters. The number of nitro benzene ring substituents is 1. The Hall–Kier alpha value is -4.13. The highest BCUT2D eigenvalue weighted by molar-refractivity contribution is 5.85. The maximum Gasteiger partial charge on any atom is 0.315 e. The van der Waals surface area contributed by atoms with Crippen LogP contribution in [-0.4, -0.2) is 23.4 Å². The van der Waals surface area contributed by atoms with Crippen LogP contribution in [-0.2, 0) is 0 Å². The van der Waals surface area contributed by atoms with Gasteiger partial charge >= 0.3 is 5.69 Å². The summed E-state index contributed by atoms with van der Waals surface area (Å²) in [5.41, 5.74) is 5.80. The van der Waals surface area contributed by atoms with Crippen LogP contribution in [0.15, 0.2) is 71.7 Å². The summed E-state index contributed by atoms with van der Waals surface area (Å²) in [6, 6.07) is 17.6. The van der Waals surface area contributed by atoms with E-state index in [2.05, 4.69) is 59.7 Å². The number of aryl methyl sites for hydroxylation is 1. The van der Waals surface area contributed by atoms with Crippen molar-refractivity contribution in [1.29, 1.82) is 0 Å². The zero-order chi connectivity index (χ0) is 23.8. The van der Waals surface area contributed by atoms with Crippen LogP contribution in [0.5, 0.6) is 11.5 Å². The van der Waals surface area contributed by atoms with Crippen LogP contribution >= 0.6 is 0 Å². The molecule has 0 bridgehead atoms. The molecule has 1 heterocycles.